The molecule has 0 saturated carbocycles. The van der Waals surface area contributed by atoms with Crippen LogP contribution in [0.15, 0.2) is 0 Å². The highest BCUT2D eigenvalue weighted by Crippen LogP contribution is 2.34. The zero-order valence-corrected chi connectivity index (χ0v) is 41.5. The van der Waals surface area contributed by atoms with Gasteiger partial charge >= 0.3 is 17.9 Å². The SMILES string of the molecule is CCCCCCCCC1OC1CCCCCCCC(=O)O.CCCCCCCCC1OC1CCCCCCCC(=O)O.CCCCCCCCC1OC1CCCCCCCC(=O)O. The quantitative estimate of drug-likeness (QED) is 0.0401. The van der Waals surface area contributed by atoms with Crippen LogP contribution >= 0.6 is 0 Å². The molecule has 3 fully saturated rings. The fourth-order valence-electron chi connectivity index (χ4n) is 8.89. The van der Waals surface area contributed by atoms with Gasteiger partial charge in [0.15, 0.2) is 0 Å². The van der Waals surface area contributed by atoms with Gasteiger partial charge in [0.05, 0.1) is 36.6 Å². The molecule has 3 saturated heterocycles. The molecule has 0 bridgehead atoms. The second kappa shape index (κ2) is 42.9. The van der Waals surface area contributed by atoms with Gasteiger partial charge in [0.25, 0.3) is 0 Å². The van der Waals surface area contributed by atoms with E-state index in [9.17, 15) is 14.4 Å². The molecule has 0 radical (unpaired) electrons. The molecule has 0 aromatic heterocycles. The number of hydrogen-bond acceptors (Lipinski definition) is 6. The molecule has 9 nitrogen and oxygen atoms in total. The summed E-state index contributed by atoms with van der Waals surface area (Å²) in [6, 6.07) is 0. The summed E-state index contributed by atoms with van der Waals surface area (Å²) in [5.74, 6) is -2.00. The van der Waals surface area contributed by atoms with Crippen molar-refractivity contribution < 1.29 is 43.9 Å². The van der Waals surface area contributed by atoms with Gasteiger partial charge < -0.3 is 29.5 Å². The maximum Gasteiger partial charge on any atom is 0.303 e. The van der Waals surface area contributed by atoms with Crippen molar-refractivity contribution in [1.29, 1.82) is 0 Å². The lowest BCUT2D eigenvalue weighted by Crippen LogP contribution is -1.95. The van der Waals surface area contributed by atoms with Gasteiger partial charge in [-0.2, -0.15) is 0 Å². The Kier molecular flexibility index (Phi) is 40.4. The normalized spacial score (nSPS) is 20.6. The second-order valence-electron chi connectivity index (χ2n) is 19.4. The Morgan fingerprint density at radius 1 is 0.270 bits per heavy atom. The van der Waals surface area contributed by atoms with Gasteiger partial charge in [0.2, 0.25) is 0 Å². The third-order valence-corrected chi connectivity index (χ3v) is 13.2. The summed E-state index contributed by atoms with van der Waals surface area (Å²) in [7, 11) is 0. The molecule has 3 aliphatic rings. The summed E-state index contributed by atoms with van der Waals surface area (Å²) in [6.45, 7) is 6.78. The first-order valence-corrected chi connectivity index (χ1v) is 27.3. The summed E-state index contributed by atoms with van der Waals surface area (Å²) in [4.78, 5) is 31.1. The van der Waals surface area contributed by atoms with Gasteiger partial charge in [-0.05, 0) is 57.8 Å². The van der Waals surface area contributed by atoms with E-state index < -0.39 is 17.9 Å². The van der Waals surface area contributed by atoms with Crippen LogP contribution < -0.4 is 0 Å². The van der Waals surface area contributed by atoms with E-state index in [1.54, 1.807) is 0 Å². The van der Waals surface area contributed by atoms with Crippen molar-refractivity contribution in [3.8, 4) is 0 Å². The van der Waals surface area contributed by atoms with Crippen LogP contribution in [0.1, 0.15) is 290 Å². The number of unbranched alkanes of at least 4 members (excludes halogenated alkanes) is 27. The van der Waals surface area contributed by atoms with Crippen molar-refractivity contribution in [1.82, 2.24) is 0 Å². The van der Waals surface area contributed by atoms with Crippen LogP contribution in [-0.2, 0) is 28.6 Å². The van der Waals surface area contributed by atoms with Crippen molar-refractivity contribution in [2.24, 2.45) is 0 Å². The molecule has 6 unspecified atom stereocenters. The lowest BCUT2D eigenvalue weighted by atomic mass is 10.0. The fraction of sp³-hybridized carbons (Fsp3) is 0.944. The molecular formula is C54H102O9. The Bertz CT molecular complexity index is 924. The molecule has 372 valence electrons. The van der Waals surface area contributed by atoms with E-state index in [1.165, 1.54) is 212 Å². The van der Waals surface area contributed by atoms with Crippen molar-refractivity contribution in [3.63, 3.8) is 0 Å². The Morgan fingerprint density at radius 2 is 0.429 bits per heavy atom. The van der Waals surface area contributed by atoms with Crippen LogP contribution in [-0.4, -0.2) is 69.9 Å². The van der Waals surface area contributed by atoms with Crippen molar-refractivity contribution in [3.05, 3.63) is 0 Å². The van der Waals surface area contributed by atoms with E-state index >= 15 is 0 Å². The number of aliphatic carboxylic acids is 3. The maximum atomic E-state index is 10.4. The minimum absolute atomic E-state index is 0.325. The predicted molar refractivity (Wildman–Crippen MR) is 260 cm³/mol. The summed E-state index contributed by atoms with van der Waals surface area (Å²) in [5.41, 5.74) is 0. The number of rotatable bonds is 45. The highest BCUT2D eigenvalue weighted by molar-refractivity contribution is 5.67. The molecule has 9 heteroatoms. The highest BCUT2D eigenvalue weighted by Gasteiger charge is 2.38. The van der Waals surface area contributed by atoms with E-state index in [0.29, 0.717) is 55.9 Å². The lowest BCUT2D eigenvalue weighted by Gasteiger charge is -2.00. The van der Waals surface area contributed by atoms with Crippen molar-refractivity contribution in [2.75, 3.05) is 0 Å². The molecule has 6 atom stereocenters. The van der Waals surface area contributed by atoms with E-state index in [1.807, 2.05) is 0 Å². The third-order valence-electron chi connectivity index (χ3n) is 13.2. The smallest absolute Gasteiger partial charge is 0.303 e. The largest absolute Gasteiger partial charge is 0.481 e. The maximum absolute atomic E-state index is 10.4. The van der Waals surface area contributed by atoms with Gasteiger partial charge in [0, 0.05) is 19.3 Å². The van der Waals surface area contributed by atoms with Gasteiger partial charge in [-0.15, -0.1) is 0 Å². The monoisotopic (exact) mass is 895 g/mol. The molecule has 3 aliphatic heterocycles. The van der Waals surface area contributed by atoms with Gasteiger partial charge in [0.1, 0.15) is 0 Å². The fourth-order valence-corrected chi connectivity index (χ4v) is 8.89. The number of carbonyl (C=O) groups is 3. The molecule has 0 amide bonds. The number of carboxylic acid groups (broad SMARTS) is 3. The summed E-state index contributed by atoms with van der Waals surface area (Å²) < 4.78 is 17.2. The Hall–Kier alpha value is -1.71. The molecule has 0 aromatic carbocycles. The first-order valence-electron chi connectivity index (χ1n) is 27.3. The van der Waals surface area contributed by atoms with E-state index in [0.717, 1.165) is 38.5 Å². The standard InChI is InChI=1S/3C18H34O3/c3*1-2-3-4-5-7-10-13-16-17(21-16)14-11-8-6-9-12-15-18(19)20/h3*16-17H,2-15H2,1H3,(H,19,20). The molecule has 63 heavy (non-hydrogen) atoms. The third kappa shape index (κ3) is 41.5. The molecule has 0 spiro atoms. The molecule has 0 aliphatic carbocycles. The lowest BCUT2D eigenvalue weighted by molar-refractivity contribution is -0.138. The van der Waals surface area contributed by atoms with Crippen LogP contribution in [0, 0.1) is 0 Å². The van der Waals surface area contributed by atoms with E-state index in [-0.39, 0.29) is 0 Å². The minimum atomic E-state index is -0.668. The topological polar surface area (TPSA) is 149 Å². The summed E-state index contributed by atoms with van der Waals surface area (Å²) >= 11 is 0. The van der Waals surface area contributed by atoms with Crippen LogP contribution in [0.2, 0.25) is 0 Å². The molecule has 0 aromatic rings. The number of carboxylic acids is 3. The first-order chi connectivity index (χ1) is 30.7. The molecule has 3 rings (SSSR count). The van der Waals surface area contributed by atoms with Crippen LogP contribution in [0.25, 0.3) is 0 Å². The van der Waals surface area contributed by atoms with E-state index in [4.69, 9.17) is 29.5 Å². The van der Waals surface area contributed by atoms with Crippen molar-refractivity contribution in [2.45, 2.75) is 327 Å². The Morgan fingerprint density at radius 3 is 0.603 bits per heavy atom. The summed E-state index contributed by atoms with van der Waals surface area (Å²) in [5, 5.41) is 25.6. The van der Waals surface area contributed by atoms with Crippen LogP contribution in [0.4, 0.5) is 0 Å². The number of hydrogen-bond donors (Lipinski definition) is 3. The Labute approximate surface area is 387 Å². The number of epoxide rings is 3. The average molecular weight is 895 g/mol. The van der Waals surface area contributed by atoms with E-state index in [2.05, 4.69) is 20.8 Å². The average Bonchev–Trinajstić information content (AvgIpc) is 4.20. The van der Waals surface area contributed by atoms with Crippen molar-refractivity contribution >= 4 is 17.9 Å². The number of ether oxygens (including phenoxy) is 3. The van der Waals surface area contributed by atoms with Crippen LogP contribution in [0.5, 0.6) is 0 Å². The second-order valence-corrected chi connectivity index (χ2v) is 19.4. The van der Waals surface area contributed by atoms with Gasteiger partial charge in [-0.25, -0.2) is 0 Å². The summed E-state index contributed by atoms with van der Waals surface area (Å²) in [6.07, 6.45) is 52.8. The molecule has 3 N–H and O–H groups in total. The van der Waals surface area contributed by atoms with Gasteiger partial charge in [-0.3, -0.25) is 14.4 Å². The first kappa shape index (κ1) is 59.3. The zero-order valence-electron chi connectivity index (χ0n) is 41.5. The Balaban J connectivity index is 0.000000472. The predicted octanol–water partition coefficient (Wildman–Crippen LogP) is 16.0. The highest BCUT2D eigenvalue weighted by atomic mass is 16.6. The molecule has 3 heterocycles. The zero-order chi connectivity index (χ0) is 46.0. The minimum Gasteiger partial charge on any atom is -0.481 e. The van der Waals surface area contributed by atoms with Gasteiger partial charge in [-0.1, -0.05) is 213 Å². The van der Waals surface area contributed by atoms with Crippen LogP contribution in [0.3, 0.4) is 0 Å². The molecular weight excluding hydrogens is 793 g/mol.